The Morgan fingerprint density at radius 1 is 1.23 bits per heavy atom. The van der Waals surface area contributed by atoms with Gasteiger partial charge in [0.05, 0.1) is 0 Å². The Balaban J connectivity index is 2.06. The van der Waals surface area contributed by atoms with Crippen molar-refractivity contribution in [1.29, 1.82) is 0 Å². The monoisotopic (exact) mass is 299 g/mol. The minimum absolute atomic E-state index is 0.141. The highest BCUT2D eigenvalue weighted by Gasteiger charge is 2.13. The molecule has 0 unspecified atom stereocenters. The highest BCUT2D eigenvalue weighted by atomic mass is 16.5. The van der Waals surface area contributed by atoms with Crippen molar-refractivity contribution in [3.8, 4) is 5.75 Å². The van der Waals surface area contributed by atoms with E-state index in [0.717, 1.165) is 11.9 Å². The fraction of sp³-hybridized carbons (Fsp3) is 0.294. The van der Waals surface area contributed by atoms with Crippen LogP contribution in [0, 0.1) is 0 Å². The average Bonchev–Trinajstić information content (AvgIpc) is 2.51. The smallest absolute Gasteiger partial charge is 0.196 e. The number of rotatable bonds is 5. The van der Waals surface area contributed by atoms with Gasteiger partial charge in [-0.2, -0.15) is 0 Å². The van der Waals surface area contributed by atoms with Crippen LogP contribution >= 0.6 is 0 Å². The Hall–Kier alpha value is -2.40. The van der Waals surface area contributed by atoms with Crippen LogP contribution in [0.5, 0.6) is 5.75 Å². The summed E-state index contributed by atoms with van der Waals surface area (Å²) in [5, 5.41) is 8.55. The molecule has 1 aromatic heterocycles. The van der Waals surface area contributed by atoms with Crippen molar-refractivity contribution >= 4 is 12.2 Å². The molecule has 0 atom stereocenters. The maximum absolute atomic E-state index is 8.55. The molecule has 2 rings (SSSR count). The summed E-state index contributed by atoms with van der Waals surface area (Å²) in [5.74, 6) is 0.976. The second-order valence-corrected chi connectivity index (χ2v) is 5.95. The summed E-state index contributed by atoms with van der Waals surface area (Å²) in [6, 6.07) is 11.9. The third-order valence-electron chi connectivity index (χ3n) is 3.21. The third-order valence-corrected chi connectivity index (χ3v) is 3.21. The van der Waals surface area contributed by atoms with Crippen LogP contribution in [0.4, 0.5) is 5.82 Å². The molecule has 2 N–H and O–H groups in total. The number of hydrogen-bond acceptors (Lipinski definition) is 4. The van der Waals surface area contributed by atoms with Crippen LogP contribution in [0.3, 0.4) is 0 Å². The molecule has 0 saturated carbocycles. The molecule has 116 valence electrons. The van der Waals surface area contributed by atoms with Crippen molar-refractivity contribution in [2.75, 3.05) is 0 Å². The van der Waals surface area contributed by atoms with Crippen molar-refractivity contribution in [1.82, 2.24) is 10.5 Å². The van der Waals surface area contributed by atoms with E-state index < -0.39 is 0 Å². The Kier molecular flexibility index (Phi) is 5.12. The molecule has 0 fully saturated rings. The lowest BCUT2D eigenvalue weighted by atomic mass is 9.87. The fourth-order valence-corrected chi connectivity index (χ4v) is 1.94. The van der Waals surface area contributed by atoms with Crippen molar-refractivity contribution in [2.24, 2.45) is 4.99 Å². The molecule has 5 nitrogen and oxygen atoms in total. The second-order valence-electron chi connectivity index (χ2n) is 5.95. The Labute approximate surface area is 130 Å². The first-order valence-corrected chi connectivity index (χ1v) is 7.10. The van der Waals surface area contributed by atoms with Crippen LogP contribution in [-0.2, 0) is 12.0 Å². The predicted octanol–water partition coefficient (Wildman–Crippen LogP) is 3.60. The fourth-order valence-electron chi connectivity index (χ4n) is 1.94. The lowest BCUT2D eigenvalue weighted by Crippen LogP contribution is -2.10. The minimum atomic E-state index is 0.141. The second kappa shape index (κ2) is 7.04. The van der Waals surface area contributed by atoms with Crippen LogP contribution in [0.15, 0.2) is 47.6 Å². The molecule has 0 radical (unpaired) electrons. The zero-order chi connectivity index (χ0) is 16.0. The maximum atomic E-state index is 8.55. The first-order valence-electron chi connectivity index (χ1n) is 7.10. The molecule has 1 heterocycles. The van der Waals surface area contributed by atoms with E-state index in [1.54, 1.807) is 18.3 Å². The average molecular weight is 299 g/mol. The molecule has 0 bridgehead atoms. The van der Waals surface area contributed by atoms with Gasteiger partial charge in [0.15, 0.2) is 11.6 Å². The van der Waals surface area contributed by atoms with E-state index in [2.05, 4.69) is 55.0 Å². The molecule has 22 heavy (non-hydrogen) atoms. The van der Waals surface area contributed by atoms with E-state index in [0.29, 0.717) is 18.2 Å². The molecular weight excluding hydrogens is 278 g/mol. The van der Waals surface area contributed by atoms with Crippen molar-refractivity contribution in [3.63, 3.8) is 0 Å². The number of aliphatic imine (C=N–C) groups is 1. The van der Waals surface area contributed by atoms with Gasteiger partial charge in [-0.3, -0.25) is 10.7 Å². The topological polar surface area (TPSA) is 66.7 Å². The van der Waals surface area contributed by atoms with Crippen LogP contribution in [-0.4, -0.2) is 16.5 Å². The van der Waals surface area contributed by atoms with Gasteiger partial charge >= 0.3 is 0 Å². The van der Waals surface area contributed by atoms with E-state index in [1.165, 1.54) is 5.56 Å². The van der Waals surface area contributed by atoms with Gasteiger partial charge in [-0.1, -0.05) is 45.0 Å². The summed E-state index contributed by atoms with van der Waals surface area (Å²) in [6.45, 7) is 7.00. The standard InChI is InChI=1S/C17H21N3O2/c1-17(2,3)14-8-6-13(7-9-14)11-22-15-5-4-10-18-16(15)19-12-20-21/h4-10,12,21H,11H2,1-3H3,(H,18,19,20). The number of aromatic nitrogens is 1. The Morgan fingerprint density at radius 3 is 2.59 bits per heavy atom. The molecule has 5 heteroatoms. The lowest BCUT2D eigenvalue weighted by molar-refractivity contribution is 0.240. The predicted molar refractivity (Wildman–Crippen MR) is 86.8 cm³/mol. The van der Waals surface area contributed by atoms with Gasteiger partial charge in [-0.15, -0.1) is 0 Å². The summed E-state index contributed by atoms with van der Waals surface area (Å²) in [6.07, 6.45) is 2.77. The van der Waals surface area contributed by atoms with E-state index in [9.17, 15) is 0 Å². The molecule has 1 aromatic carbocycles. The molecule has 0 aliphatic carbocycles. The van der Waals surface area contributed by atoms with Crippen molar-refractivity contribution in [2.45, 2.75) is 32.8 Å². The van der Waals surface area contributed by atoms with Gasteiger partial charge in [0, 0.05) is 6.20 Å². The van der Waals surface area contributed by atoms with Crippen LogP contribution < -0.4 is 10.2 Å². The van der Waals surface area contributed by atoms with Crippen LogP contribution in [0.1, 0.15) is 31.9 Å². The number of pyridine rings is 1. The van der Waals surface area contributed by atoms with E-state index in [-0.39, 0.29) is 5.41 Å². The van der Waals surface area contributed by atoms with Crippen LogP contribution in [0.2, 0.25) is 0 Å². The number of nitrogens with zero attached hydrogens (tertiary/aromatic N) is 2. The molecule has 0 saturated heterocycles. The molecule has 2 aromatic rings. The zero-order valence-electron chi connectivity index (χ0n) is 13.1. The summed E-state index contributed by atoms with van der Waals surface area (Å²) in [4.78, 5) is 8.06. The molecule has 0 amide bonds. The number of hydrogen-bond donors (Lipinski definition) is 2. The first-order chi connectivity index (χ1) is 10.5. The van der Waals surface area contributed by atoms with Gasteiger partial charge in [0.1, 0.15) is 12.9 Å². The van der Waals surface area contributed by atoms with Crippen LogP contribution in [0.25, 0.3) is 0 Å². The molecular formula is C17H21N3O2. The summed E-state index contributed by atoms with van der Waals surface area (Å²) in [7, 11) is 0. The zero-order valence-corrected chi connectivity index (χ0v) is 13.1. The van der Waals surface area contributed by atoms with E-state index in [4.69, 9.17) is 9.94 Å². The number of hydroxylamine groups is 1. The lowest BCUT2D eigenvalue weighted by Gasteiger charge is -2.19. The van der Waals surface area contributed by atoms with Gasteiger partial charge < -0.3 is 4.74 Å². The minimum Gasteiger partial charge on any atom is -0.485 e. The summed E-state index contributed by atoms with van der Waals surface area (Å²) in [5.41, 5.74) is 4.36. The quantitative estimate of drug-likeness (QED) is 0.503. The van der Waals surface area contributed by atoms with Gasteiger partial charge in [-0.25, -0.2) is 9.98 Å². The maximum Gasteiger partial charge on any atom is 0.196 e. The Bertz CT molecular complexity index is 631. The number of nitrogens with one attached hydrogen (secondary N) is 1. The van der Waals surface area contributed by atoms with Gasteiger partial charge in [-0.05, 0) is 28.7 Å². The first kappa shape index (κ1) is 16.0. The van der Waals surface area contributed by atoms with Crippen molar-refractivity contribution in [3.05, 3.63) is 53.7 Å². The summed E-state index contributed by atoms with van der Waals surface area (Å²) < 4.78 is 5.76. The Morgan fingerprint density at radius 2 is 1.95 bits per heavy atom. The molecule has 0 spiro atoms. The number of ether oxygens (including phenoxy) is 1. The van der Waals surface area contributed by atoms with Gasteiger partial charge in [0.25, 0.3) is 0 Å². The summed E-state index contributed by atoms with van der Waals surface area (Å²) >= 11 is 0. The highest BCUT2D eigenvalue weighted by molar-refractivity contribution is 5.60. The van der Waals surface area contributed by atoms with Gasteiger partial charge in [0.2, 0.25) is 0 Å². The normalized spacial score (nSPS) is 11.6. The largest absolute Gasteiger partial charge is 0.485 e. The van der Waals surface area contributed by atoms with E-state index >= 15 is 0 Å². The molecule has 0 aliphatic heterocycles. The number of benzene rings is 1. The third kappa shape index (κ3) is 4.30. The van der Waals surface area contributed by atoms with Crippen molar-refractivity contribution < 1.29 is 9.94 Å². The van der Waals surface area contributed by atoms with E-state index in [1.807, 2.05) is 5.48 Å². The SMILES string of the molecule is CC(C)(C)c1ccc(COc2cccnc2/N=C/NO)cc1. The highest BCUT2D eigenvalue weighted by Crippen LogP contribution is 2.25. The molecule has 0 aliphatic rings.